The molecule has 1 unspecified atom stereocenters. The zero-order valence-electron chi connectivity index (χ0n) is 7.34. The standard InChI is InChI=1S/C8H9NO4S/c10-5-6-4-9-13-8(6)7-2-1-3-14(7,11)12/h4-5,7H,1-3H2. The van der Waals surface area contributed by atoms with Crippen LogP contribution in [0.1, 0.15) is 34.2 Å². The van der Waals surface area contributed by atoms with Gasteiger partial charge < -0.3 is 4.52 Å². The van der Waals surface area contributed by atoms with Crippen molar-refractivity contribution in [1.82, 2.24) is 5.16 Å². The normalized spacial score (nSPS) is 25.0. The van der Waals surface area contributed by atoms with Crippen LogP contribution in [0, 0.1) is 0 Å². The molecule has 1 atom stereocenters. The van der Waals surface area contributed by atoms with Crippen LogP contribution in [0.2, 0.25) is 0 Å². The molecule has 2 heterocycles. The smallest absolute Gasteiger partial charge is 0.165 e. The van der Waals surface area contributed by atoms with E-state index in [0.29, 0.717) is 19.1 Å². The Labute approximate surface area is 81.0 Å². The first-order valence-electron chi connectivity index (χ1n) is 4.26. The summed E-state index contributed by atoms with van der Waals surface area (Å²) in [6.07, 6.45) is 2.94. The van der Waals surface area contributed by atoms with E-state index in [0.717, 1.165) is 0 Å². The van der Waals surface area contributed by atoms with Gasteiger partial charge in [-0.15, -0.1) is 0 Å². The molecule has 1 aromatic heterocycles. The molecule has 5 nitrogen and oxygen atoms in total. The van der Waals surface area contributed by atoms with Crippen LogP contribution in [0.15, 0.2) is 10.7 Å². The molecule has 0 bridgehead atoms. The fourth-order valence-corrected chi connectivity index (χ4v) is 3.56. The third-order valence-corrected chi connectivity index (χ3v) is 4.55. The minimum Gasteiger partial charge on any atom is -0.359 e. The number of carbonyl (C=O) groups excluding carboxylic acids is 1. The van der Waals surface area contributed by atoms with Gasteiger partial charge in [0.05, 0.1) is 17.5 Å². The minimum atomic E-state index is -3.14. The van der Waals surface area contributed by atoms with Gasteiger partial charge in [0.15, 0.2) is 21.9 Å². The Morgan fingerprint density at radius 1 is 1.57 bits per heavy atom. The Bertz CT molecular complexity index is 448. The fraction of sp³-hybridized carbons (Fsp3) is 0.500. The van der Waals surface area contributed by atoms with Crippen LogP contribution in [-0.2, 0) is 9.84 Å². The molecule has 0 radical (unpaired) electrons. The SMILES string of the molecule is O=Cc1cnoc1C1CCCS1(=O)=O. The molecule has 14 heavy (non-hydrogen) atoms. The van der Waals surface area contributed by atoms with E-state index in [-0.39, 0.29) is 17.1 Å². The molecule has 76 valence electrons. The van der Waals surface area contributed by atoms with Crippen LogP contribution < -0.4 is 0 Å². The van der Waals surface area contributed by atoms with Gasteiger partial charge in [0.25, 0.3) is 0 Å². The van der Waals surface area contributed by atoms with E-state index in [1.165, 1.54) is 6.20 Å². The van der Waals surface area contributed by atoms with Crippen LogP contribution in [-0.4, -0.2) is 25.6 Å². The van der Waals surface area contributed by atoms with Crippen molar-refractivity contribution in [3.63, 3.8) is 0 Å². The first-order chi connectivity index (χ1) is 6.65. The topological polar surface area (TPSA) is 77.2 Å². The van der Waals surface area contributed by atoms with Crippen molar-refractivity contribution in [2.45, 2.75) is 18.1 Å². The molecular weight excluding hydrogens is 206 g/mol. The number of aldehydes is 1. The van der Waals surface area contributed by atoms with Gasteiger partial charge in [-0.25, -0.2) is 8.42 Å². The summed E-state index contributed by atoms with van der Waals surface area (Å²) in [4.78, 5) is 10.6. The maximum Gasteiger partial charge on any atom is 0.165 e. The third kappa shape index (κ3) is 1.35. The molecule has 1 aromatic rings. The Morgan fingerprint density at radius 2 is 2.36 bits per heavy atom. The summed E-state index contributed by atoms with van der Waals surface area (Å²) in [5.41, 5.74) is 0.237. The van der Waals surface area contributed by atoms with E-state index in [2.05, 4.69) is 5.16 Å². The van der Waals surface area contributed by atoms with E-state index in [4.69, 9.17) is 4.52 Å². The molecule has 1 fully saturated rings. The molecule has 0 saturated carbocycles. The van der Waals surface area contributed by atoms with Crippen molar-refractivity contribution in [3.8, 4) is 0 Å². The van der Waals surface area contributed by atoms with Gasteiger partial charge in [0.2, 0.25) is 0 Å². The molecular formula is C8H9NO4S. The number of carbonyl (C=O) groups is 1. The zero-order valence-corrected chi connectivity index (χ0v) is 8.16. The molecule has 0 spiro atoms. The predicted molar refractivity (Wildman–Crippen MR) is 47.7 cm³/mol. The van der Waals surface area contributed by atoms with Gasteiger partial charge in [-0.3, -0.25) is 4.79 Å². The largest absolute Gasteiger partial charge is 0.359 e. The monoisotopic (exact) mass is 215 g/mol. The lowest BCUT2D eigenvalue weighted by Crippen LogP contribution is -2.08. The van der Waals surface area contributed by atoms with Crippen LogP contribution in [0.3, 0.4) is 0 Å². The fourth-order valence-electron chi connectivity index (χ4n) is 1.68. The molecule has 1 aliphatic heterocycles. The molecule has 2 rings (SSSR count). The summed E-state index contributed by atoms with van der Waals surface area (Å²) in [5.74, 6) is 0.355. The number of hydrogen-bond acceptors (Lipinski definition) is 5. The van der Waals surface area contributed by atoms with Gasteiger partial charge >= 0.3 is 0 Å². The average molecular weight is 215 g/mol. The zero-order chi connectivity index (χ0) is 10.2. The van der Waals surface area contributed by atoms with Crippen LogP contribution in [0.25, 0.3) is 0 Å². The minimum absolute atomic E-state index is 0.163. The predicted octanol–water partition coefficient (Wildman–Crippen LogP) is 0.737. The van der Waals surface area contributed by atoms with Crippen LogP contribution in [0.5, 0.6) is 0 Å². The molecule has 0 aromatic carbocycles. The van der Waals surface area contributed by atoms with Crippen molar-refractivity contribution in [2.75, 3.05) is 5.75 Å². The summed E-state index contributed by atoms with van der Waals surface area (Å²) >= 11 is 0. The number of hydrogen-bond donors (Lipinski definition) is 0. The molecule has 0 aliphatic carbocycles. The van der Waals surface area contributed by atoms with Crippen LogP contribution >= 0.6 is 0 Å². The number of rotatable bonds is 2. The summed E-state index contributed by atoms with van der Waals surface area (Å²) in [5, 5.41) is 2.76. The maximum absolute atomic E-state index is 11.5. The summed E-state index contributed by atoms with van der Waals surface area (Å²) in [7, 11) is -3.14. The van der Waals surface area contributed by atoms with Crippen molar-refractivity contribution in [3.05, 3.63) is 17.5 Å². The first kappa shape index (κ1) is 9.39. The Hall–Kier alpha value is -1.17. The number of sulfone groups is 1. The first-order valence-corrected chi connectivity index (χ1v) is 5.98. The Balaban J connectivity index is 2.45. The third-order valence-electron chi connectivity index (χ3n) is 2.38. The number of aromatic nitrogens is 1. The molecule has 0 N–H and O–H groups in total. The van der Waals surface area contributed by atoms with Gasteiger partial charge in [-0.05, 0) is 12.8 Å². The summed E-state index contributed by atoms with van der Waals surface area (Å²) in [6, 6.07) is 0. The Kier molecular flexibility index (Phi) is 2.14. The van der Waals surface area contributed by atoms with E-state index in [1.54, 1.807) is 0 Å². The second kappa shape index (κ2) is 3.20. The number of nitrogens with zero attached hydrogens (tertiary/aromatic N) is 1. The second-order valence-electron chi connectivity index (χ2n) is 3.26. The average Bonchev–Trinajstić information content (AvgIpc) is 2.69. The maximum atomic E-state index is 11.5. The lowest BCUT2D eigenvalue weighted by molar-refractivity contribution is 0.112. The summed E-state index contributed by atoms with van der Waals surface area (Å²) < 4.78 is 27.9. The van der Waals surface area contributed by atoms with Gasteiger partial charge in [-0.2, -0.15) is 0 Å². The lowest BCUT2D eigenvalue weighted by atomic mass is 10.1. The molecule has 1 aliphatic rings. The van der Waals surface area contributed by atoms with E-state index in [9.17, 15) is 13.2 Å². The second-order valence-corrected chi connectivity index (χ2v) is 5.56. The van der Waals surface area contributed by atoms with E-state index in [1.807, 2.05) is 0 Å². The van der Waals surface area contributed by atoms with Crippen molar-refractivity contribution >= 4 is 16.1 Å². The highest BCUT2D eigenvalue weighted by molar-refractivity contribution is 7.91. The quantitative estimate of drug-likeness (QED) is 0.680. The molecule has 1 saturated heterocycles. The highest BCUT2D eigenvalue weighted by Crippen LogP contribution is 2.35. The van der Waals surface area contributed by atoms with E-state index < -0.39 is 15.1 Å². The van der Waals surface area contributed by atoms with Crippen LogP contribution in [0.4, 0.5) is 0 Å². The lowest BCUT2D eigenvalue weighted by Gasteiger charge is -2.04. The highest BCUT2D eigenvalue weighted by Gasteiger charge is 2.36. The van der Waals surface area contributed by atoms with Crippen molar-refractivity contribution in [2.24, 2.45) is 0 Å². The molecule has 0 amide bonds. The highest BCUT2D eigenvalue weighted by atomic mass is 32.2. The summed E-state index contributed by atoms with van der Waals surface area (Å²) in [6.45, 7) is 0. The van der Waals surface area contributed by atoms with Gasteiger partial charge in [-0.1, -0.05) is 5.16 Å². The van der Waals surface area contributed by atoms with Crippen molar-refractivity contribution in [1.29, 1.82) is 0 Å². The Morgan fingerprint density at radius 3 is 2.93 bits per heavy atom. The van der Waals surface area contributed by atoms with Gasteiger partial charge in [0, 0.05) is 0 Å². The van der Waals surface area contributed by atoms with Gasteiger partial charge in [0.1, 0.15) is 5.25 Å². The van der Waals surface area contributed by atoms with Crippen molar-refractivity contribution < 1.29 is 17.7 Å². The van der Waals surface area contributed by atoms with E-state index >= 15 is 0 Å². The molecule has 6 heteroatoms.